The van der Waals surface area contributed by atoms with Gasteiger partial charge in [-0.25, -0.2) is 18.2 Å². The first-order chi connectivity index (χ1) is 15.8. The summed E-state index contributed by atoms with van der Waals surface area (Å²) < 4.78 is 106. The van der Waals surface area contributed by atoms with Crippen LogP contribution >= 0.6 is 0 Å². The summed E-state index contributed by atoms with van der Waals surface area (Å²) in [5, 5.41) is 4.96. The maximum absolute atomic E-state index is 13.2. The molecule has 0 aliphatic heterocycles. The van der Waals surface area contributed by atoms with E-state index < -0.39 is 44.4 Å². The Labute approximate surface area is 188 Å². The SMILES string of the molecule is O=C(NCc1cnc[nH]1)Nc1ccc(NS(=O)(=O)c2cc(C(F)(F)F)ccc2C(F)(F)F)cc1. The molecule has 1 heterocycles. The van der Waals surface area contributed by atoms with Crippen molar-refractivity contribution in [1.29, 1.82) is 0 Å². The van der Waals surface area contributed by atoms with E-state index in [1.54, 1.807) is 0 Å². The number of rotatable bonds is 6. The maximum Gasteiger partial charge on any atom is 0.417 e. The summed E-state index contributed by atoms with van der Waals surface area (Å²) in [6, 6.07) is 4.24. The summed E-state index contributed by atoms with van der Waals surface area (Å²) in [4.78, 5) is 16.9. The zero-order valence-electron chi connectivity index (χ0n) is 16.8. The number of amides is 2. The highest BCUT2D eigenvalue weighted by molar-refractivity contribution is 7.92. The molecule has 2 amide bonds. The number of carbonyl (C=O) groups excluding carboxylic acids is 1. The zero-order valence-corrected chi connectivity index (χ0v) is 17.6. The third kappa shape index (κ3) is 6.18. The van der Waals surface area contributed by atoms with Crippen molar-refractivity contribution in [2.24, 2.45) is 0 Å². The Morgan fingerprint density at radius 1 is 0.941 bits per heavy atom. The Bertz CT molecular complexity index is 1260. The number of nitrogens with one attached hydrogen (secondary N) is 4. The van der Waals surface area contributed by atoms with E-state index in [0.29, 0.717) is 5.69 Å². The molecule has 0 aliphatic carbocycles. The van der Waals surface area contributed by atoms with Crippen LogP contribution in [0, 0.1) is 0 Å². The van der Waals surface area contributed by atoms with Gasteiger partial charge in [-0.1, -0.05) is 0 Å². The second-order valence-electron chi connectivity index (χ2n) is 6.77. The summed E-state index contributed by atoms with van der Waals surface area (Å²) in [6.45, 7) is 0.141. The van der Waals surface area contributed by atoms with Gasteiger partial charge in [0.05, 0.1) is 29.7 Å². The van der Waals surface area contributed by atoms with Crippen molar-refractivity contribution >= 4 is 27.4 Å². The van der Waals surface area contributed by atoms with Gasteiger partial charge in [0.15, 0.2) is 0 Å². The minimum Gasteiger partial charge on any atom is -0.347 e. The van der Waals surface area contributed by atoms with Gasteiger partial charge >= 0.3 is 18.4 Å². The monoisotopic (exact) mass is 507 g/mol. The van der Waals surface area contributed by atoms with Gasteiger partial charge in [-0.15, -0.1) is 0 Å². The van der Waals surface area contributed by atoms with Crippen molar-refractivity contribution < 1.29 is 39.6 Å². The van der Waals surface area contributed by atoms with E-state index in [1.165, 1.54) is 24.7 Å². The Balaban J connectivity index is 1.76. The lowest BCUT2D eigenvalue weighted by atomic mass is 10.1. The van der Waals surface area contributed by atoms with E-state index >= 15 is 0 Å². The molecule has 182 valence electrons. The Morgan fingerprint density at radius 3 is 2.15 bits per heavy atom. The van der Waals surface area contributed by atoms with Crippen LogP contribution in [-0.4, -0.2) is 24.4 Å². The van der Waals surface area contributed by atoms with Gasteiger partial charge in [0.1, 0.15) is 4.90 Å². The number of alkyl halides is 6. The van der Waals surface area contributed by atoms with E-state index in [4.69, 9.17) is 0 Å². The molecule has 4 N–H and O–H groups in total. The van der Waals surface area contributed by atoms with Crippen LogP contribution in [0.5, 0.6) is 0 Å². The molecule has 0 spiro atoms. The largest absolute Gasteiger partial charge is 0.417 e. The predicted octanol–water partition coefficient (Wildman–Crippen LogP) is 4.57. The van der Waals surface area contributed by atoms with Crippen LogP contribution in [0.1, 0.15) is 16.8 Å². The Kier molecular flexibility index (Phi) is 6.77. The molecule has 0 saturated carbocycles. The number of halogens is 6. The van der Waals surface area contributed by atoms with Crippen LogP contribution in [0.4, 0.5) is 42.5 Å². The number of imidazole rings is 1. The molecule has 2 aromatic carbocycles. The molecular formula is C19H15F6N5O3S. The van der Waals surface area contributed by atoms with Crippen LogP contribution < -0.4 is 15.4 Å². The molecular weight excluding hydrogens is 492 g/mol. The summed E-state index contributed by atoms with van der Waals surface area (Å²) in [5.41, 5.74) is -2.71. The number of hydrogen-bond acceptors (Lipinski definition) is 4. The van der Waals surface area contributed by atoms with Gasteiger partial charge < -0.3 is 15.6 Å². The molecule has 0 unspecified atom stereocenters. The summed E-state index contributed by atoms with van der Waals surface area (Å²) in [6.07, 6.45) is -7.35. The van der Waals surface area contributed by atoms with Gasteiger partial charge in [0.25, 0.3) is 10.0 Å². The second kappa shape index (κ2) is 9.24. The highest BCUT2D eigenvalue weighted by Gasteiger charge is 2.40. The lowest BCUT2D eigenvalue weighted by molar-refractivity contribution is -0.143. The number of aromatic amines is 1. The fourth-order valence-corrected chi connectivity index (χ4v) is 4.03. The normalized spacial score (nSPS) is 12.3. The molecule has 0 bridgehead atoms. The second-order valence-corrected chi connectivity index (χ2v) is 8.42. The number of urea groups is 1. The fraction of sp³-hybridized carbons (Fsp3) is 0.158. The molecule has 34 heavy (non-hydrogen) atoms. The molecule has 8 nitrogen and oxygen atoms in total. The zero-order chi connectivity index (χ0) is 25.1. The highest BCUT2D eigenvalue weighted by atomic mass is 32.2. The lowest BCUT2D eigenvalue weighted by Gasteiger charge is -2.17. The quantitative estimate of drug-likeness (QED) is 0.366. The van der Waals surface area contributed by atoms with Gasteiger partial charge in [-0.05, 0) is 42.5 Å². The first-order valence-electron chi connectivity index (χ1n) is 9.19. The maximum atomic E-state index is 13.2. The average Bonchev–Trinajstić information content (AvgIpc) is 3.25. The van der Waals surface area contributed by atoms with E-state index in [9.17, 15) is 39.6 Å². The van der Waals surface area contributed by atoms with Crippen molar-refractivity contribution in [3.8, 4) is 0 Å². The minimum absolute atomic E-state index is 0.0618. The number of H-pyrrole nitrogens is 1. The van der Waals surface area contributed by atoms with Gasteiger partial charge in [-0.3, -0.25) is 4.72 Å². The van der Waals surface area contributed by atoms with Crippen molar-refractivity contribution in [3.63, 3.8) is 0 Å². The van der Waals surface area contributed by atoms with Crippen molar-refractivity contribution in [2.45, 2.75) is 23.8 Å². The third-order valence-electron chi connectivity index (χ3n) is 4.29. The van der Waals surface area contributed by atoms with Gasteiger partial charge in [0, 0.05) is 17.6 Å². The Morgan fingerprint density at radius 2 is 1.59 bits per heavy atom. The van der Waals surface area contributed by atoms with Gasteiger partial charge in [-0.2, -0.15) is 26.3 Å². The van der Waals surface area contributed by atoms with E-state index in [1.807, 2.05) is 4.72 Å². The summed E-state index contributed by atoms with van der Waals surface area (Å²) in [5.74, 6) is 0. The Hall–Kier alpha value is -3.75. The predicted molar refractivity (Wildman–Crippen MR) is 108 cm³/mol. The van der Waals surface area contributed by atoms with Crippen LogP contribution in [0.25, 0.3) is 0 Å². The molecule has 0 atom stereocenters. The van der Waals surface area contributed by atoms with Crippen LogP contribution in [0.2, 0.25) is 0 Å². The number of nitrogens with zero attached hydrogens (tertiary/aromatic N) is 1. The van der Waals surface area contributed by atoms with Crippen LogP contribution in [-0.2, 0) is 28.9 Å². The van der Waals surface area contributed by atoms with Gasteiger partial charge in [0.2, 0.25) is 0 Å². The third-order valence-corrected chi connectivity index (χ3v) is 5.71. The average molecular weight is 507 g/mol. The first kappa shape index (κ1) is 24.9. The summed E-state index contributed by atoms with van der Waals surface area (Å²) >= 11 is 0. The van der Waals surface area contributed by atoms with Crippen molar-refractivity contribution in [3.05, 3.63) is 71.8 Å². The van der Waals surface area contributed by atoms with E-state index in [-0.39, 0.29) is 36.1 Å². The molecule has 0 radical (unpaired) electrons. The standard InChI is InChI=1S/C19H15F6N5O3S/c20-18(21,22)11-1-6-15(19(23,24)25)16(7-11)34(32,33)30-13-4-2-12(3-5-13)29-17(31)27-9-14-8-26-10-28-14/h1-8,10,30H,9H2,(H,26,28)(H2,27,29,31). The highest BCUT2D eigenvalue weighted by Crippen LogP contribution is 2.38. The number of aromatic nitrogens is 2. The molecule has 1 aromatic heterocycles. The lowest BCUT2D eigenvalue weighted by Crippen LogP contribution is -2.28. The minimum atomic E-state index is -5.22. The van der Waals surface area contributed by atoms with Crippen LogP contribution in [0.3, 0.4) is 0 Å². The molecule has 0 saturated heterocycles. The molecule has 3 aromatic rings. The smallest absolute Gasteiger partial charge is 0.347 e. The first-order valence-corrected chi connectivity index (χ1v) is 10.7. The fourth-order valence-electron chi connectivity index (χ4n) is 2.72. The van der Waals surface area contributed by atoms with Crippen LogP contribution in [0.15, 0.2) is 59.9 Å². The van der Waals surface area contributed by atoms with E-state index in [2.05, 4.69) is 20.6 Å². The molecule has 3 rings (SSSR count). The number of carbonyl (C=O) groups is 1. The van der Waals surface area contributed by atoms with Crippen molar-refractivity contribution in [1.82, 2.24) is 15.3 Å². The van der Waals surface area contributed by atoms with Crippen molar-refractivity contribution in [2.75, 3.05) is 10.0 Å². The number of benzene rings is 2. The number of hydrogen-bond donors (Lipinski definition) is 4. The number of sulfonamides is 1. The molecule has 15 heteroatoms. The summed E-state index contributed by atoms with van der Waals surface area (Å²) in [7, 11) is -5.06. The van der Waals surface area contributed by atoms with E-state index in [0.717, 1.165) is 12.1 Å². The number of anilines is 2. The molecule has 0 fully saturated rings. The topological polar surface area (TPSA) is 116 Å². The molecule has 0 aliphatic rings.